The number of ketones is 1. The minimum Gasteiger partial charge on any atom is -0.465 e. The average molecular weight is 250 g/mol. The van der Waals surface area contributed by atoms with Gasteiger partial charge < -0.3 is 9.47 Å². The molecule has 0 spiro atoms. The van der Waals surface area contributed by atoms with Gasteiger partial charge in [0.1, 0.15) is 5.60 Å². The van der Waals surface area contributed by atoms with Crippen molar-refractivity contribution in [2.45, 2.75) is 25.9 Å². The van der Waals surface area contributed by atoms with Gasteiger partial charge in [-0.15, -0.1) is 0 Å². The van der Waals surface area contributed by atoms with Gasteiger partial charge in [0.15, 0.2) is 5.78 Å². The summed E-state index contributed by atoms with van der Waals surface area (Å²) in [6, 6.07) is 6.37. The first-order valence-corrected chi connectivity index (χ1v) is 5.77. The zero-order chi connectivity index (χ0) is 13.8. The van der Waals surface area contributed by atoms with Crippen LogP contribution in [0.15, 0.2) is 24.3 Å². The van der Waals surface area contributed by atoms with Crippen molar-refractivity contribution in [1.82, 2.24) is 0 Å². The number of ether oxygens (including phenoxy) is 2. The number of carbonyl (C=O) groups excluding carboxylic acids is 2. The maximum atomic E-state index is 12.2. The van der Waals surface area contributed by atoms with E-state index >= 15 is 0 Å². The topological polar surface area (TPSA) is 52.6 Å². The molecule has 98 valence electrons. The minimum atomic E-state index is -0.827. The molecule has 0 N–H and O–H groups in total. The molecule has 0 saturated heterocycles. The maximum absolute atomic E-state index is 12.2. The lowest BCUT2D eigenvalue weighted by atomic mass is 9.91. The minimum absolute atomic E-state index is 0.0936. The second kappa shape index (κ2) is 5.78. The van der Waals surface area contributed by atoms with Crippen LogP contribution in [0.4, 0.5) is 0 Å². The molecule has 18 heavy (non-hydrogen) atoms. The predicted molar refractivity (Wildman–Crippen MR) is 67.8 cm³/mol. The van der Waals surface area contributed by atoms with Crippen molar-refractivity contribution in [3.63, 3.8) is 0 Å². The van der Waals surface area contributed by atoms with Crippen molar-refractivity contribution >= 4 is 11.8 Å². The number of benzene rings is 1. The van der Waals surface area contributed by atoms with E-state index in [1.54, 1.807) is 31.2 Å². The van der Waals surface area contributed by atoms with E-state index in [1.807, 2.05) is 6.92 Å². The van der Waals surface area contributed by atoms with E-state index in [4.69, 9.17) is 4.74 Å². The molecule has 1 atom stereocenters. The Morgan fingerprint density at radius 3 is 2.00 bits per heavy atom. The first-order valence-electron chi connectivity index (χ1n) is 5.77. The second-order valence-corrected chi connectivity index (χ2v) is 4.19. The van der Waals surface area contributed by atoms with Crippen LogP contribution in [-0.2, 0) is 9.47 Å². The van der Waals surface area contributed by atoms with E-state index in [0.29, 0.717) is 17.5 Å². The zero-order valence-electron chi connectivity index (χ0n) is 11.1. The molecule has 0 aromatic heterocycles. The number of carbonyl (C=O) groups is 2. The Morgan fingerprint density at radius 2 is 1.61 bits per heavy atom. The van der Waals surface area contributed by atoms with Crippen molar-refractivity contribution < 1.29 is 19.1 Å². The smallest absolute Gasteiger partial charge is 0.337 e. The van der Waals surface area contributed by atoms with Gasteiger partial charge in [-0.25, -0.2) is 4.79 Å². The van der Waals surface area contributed by atoms with Crippen LogP contribution in [0.3, 0.4) is 0 Å². The van der Waals surface area contributed by atoms with Crippen LogP contribution in [0.25, 0.3) is 0 Å². The van der Waals surface area contributed by atoms with Crippen LogP contribution in [0.5, 0.6) is 0 Å². The van der Waals surface area contributed by atoms with E-state index < -0.39 is 11.6 Å². The van der Waals surface area contributed by atoms with Crippen LogP contribution in [0.2, 0.25) is 0 Å². The quantitative estimate of drug-likeness (QED) is 0.595. The van der Waals surface area contributed by atoms with Crippen molar-refractivity contribution in [2.75, 3.05) is 14.2 Å². The van der Waals surface area contributed by atoms with Crippen molar-refractivity contribution in [2.24, 2.45) is 0 Å². The molecule has 1 aromatic carbocycles. The fraction of sp³-hybridized carbons (Fsp3) is 0.429. The third kappa shape index (κ3) is 2.76. The van der Waals surface area contributed by atoms with E-state index in [0.717, 1.165) is 0 Å². The highest BCUT2D eigenvalue weighted by molar-refractivity contribution is 6.02. The summed E-state index contributed by atoms with van der Waals surface area (Å²) >= 11 is 0. The summed E-state index contributed by atoms with van der Waals surface area (Å²) in [7, 11) is 2.84. The summed E-state index contributed by atoms with van der Waals surface area (Å²) in [6.07, 6.45) is 0.584. The molecule has 0 radical (unpaired) electrons. The molecule has 0 aliphatic rings. The number of esters is 1. The maximum Gasteiger partial charge on any atom is 0.337 e. The molecule has 0 bridgehead atoms. The van der Waals surface area contributed by atoms with Gasteiger partial charge in [0.2, 0.25) is 0 Å². The normalized spacial score (nSPS) is 13.8. The Morgan fingerprint density at radius 1 is 1.11 bits per heavy atom. The van der Waals surface area contributed by atoms with Gasteiger partial charge in [-0.05, 0) is 25.5 Å². The Hall–Kier alpha value is -1.68. The highest BCUT2D eigenvalue weighted by Gasteiger charge is 2.31. The lowest BCUT2D eigenvalue weighted by Crippen LogP contribution is -2.36. The van der Waals surface area contributed by atoms with Crippen LogP contribution in [0, 0.1) is 0 Å². The van der Waals surface area contributed by atoms with E-state index in [9.17, 15) is 9.59 Å². The molecule has 0 aliphatic carbocycles. The molecular formula is C14H18O4. The number of rotatable bonds is 5. The molecular weight excluding hydrogens is 232 g/mol. The second-order valence-electron chi connectivity index (χ2n) is 4.19. The van der Waals surface area contributed by atoms with Gasteiger partial charge in [-0.1, -0.05) is 19.1 Å². The molecule has 1 unspecified atom stereocenters. The molecule has 0 heterocycles. The fourth-order valence-electron chi connectivity index (χ4n) is 1.58. The van der Waals surface area contributed by atoms with Gasteiger partial charge in [0, 0.05) is 12.7 Å². The molecule has 0 aliphatic heterocycles. The molecule has 4 heteroatoms. The summed E-state index contributed by atoms with van der Waals surface area (Å²) in [6.45, 7) is 3.65. The largest absolute Gasteiger partial charge is 0.465 e. The number of Topliss-reactive ketones (excluding diaryl/α,β-unsaturated/α-hetero) is 1. The first-order chi connectivity index (χ1) is 8.48. The van der Waals surface area contributed by atoms with E-state index in [-0.39, 0.29) is 5.78 Å². The molecule has 0 fully saturated rings. The highest BCUT2D eigenvalue weighted by atomic mass is 16.5. The summed E-state index contributed by atoms with van der Waals surface area (Å²) in [5.74, 6) is -0.511. The highest BCUT2D eigenvalue weighted by Crippen LogP contribution is 2.21. The van der Waals surface area contributed by atoms with Gasteiger partial charge in [0.05, 0.1) is 12.7 Å². The van der Waals surface area contributed by atoms with Crippen molar-refractivity contribution in [1.29, 1.82) is 0 Å². The van der Waals surface area contributed by atoms with Gasteiger partial charge >= 0.3 is 5.97 Å². The Labute approximate surface area is 107 Å². The Kier molecular flexibility index (Phi) is 4.62. The monoisotopic (exact) mass is 250 g/mol. The standard InChI is InChI=1S/C14H18O4/c1-5-14(2,18-4)12(15)10-6-8-11(9-7-10)13(16)17-3/h6-9H,5H2,1-4H3. The molecule has 4 nitrogen and oxygen atoms in total. The number of hydrogen-bond acceptors (Lipinski definition) is 4. The molecule has 1 rings (SSSR count). The Bertz CT molecular complexity index is 430. The zero-order valence-corrected chi connectivity index (χ0v) is 11.1. The number of hydrogen-bond donors (Lipinski definition) is 0. The van der Waals surface area contributed by atoms with Gasteiger partial charge in [-0.2, -0.15) is 0 Å². The number of methoxy groups -OCH3 is 2. The van der Waals surface area contributed by atoms with Crippen molar-refractivity contribution in [3.05, 3.63) is 35.4 Å². The predicted octanol–water partition coefficient (Wildman–Crippen LogP) is 2.47. The van der Waals surface area contributed by atoms with Crippen LogP contribution in [-0.4, -0.2) is 31.6 Å². The van der Waals surface area contributed by atoms with E-state index in [2.05, 4.69) is 4.74 Å². The van der Waals surface area contributed by atoms with E-state index in [1.165, 1.54) is 14.2 Å². The van der Waals surface area contributed by atoms with Crippen LogP contribution < -0.4 is 0 Å². The molecule has 1 aromatic rings. The molecule has 0 saturated carbocycles. The summed E-state index contributed by atoms with van der Waals surface area (Å²) in [5, 5.41) is 0. The average Bonchev–Trinajstić information content (AvgIpc) is 2.44. The summed E-state index contributed by atoms with van der Waals surface area (Å²) in [5.41, 5.74) is 0.116. The fourth-order valence-corrected chi connectivity index (χ4v) is 1.58. The SMILES string of the molecule is CCC(C)(OC)C(=O)c1ccc(C(=O)OC)cc1. The Balaban J connectivity index is 2.99. The summed E-state index contributed by atoms with van der Waals surface area (Å²) in [4.78, 5) is 23.5. The first kappa shape index (κ1) is 14.4. The third-order valence-electron chi connectivity index (χ3n) is 3.17. The van der Waals surface area contributed by atoms with Crippen LogP contribution in [0.1, 0.15) is 41.0 Å². The van der Waals surface area contributed by atoms with Gasteiger partial charge in [-0.3, -0.25) is 4.79 Å². The molecule has 0 amide bonds. The lowest BCUT2D eigenvalue weighted by molar-refractivity contribution is 0.0106. The van der Waals surface area contributed by atoms with Crippen LogP contribution >= 0.6 is 0 Å². The van der Waals surface area contributed by atoms with Crippen molar-refractivity contribution in [3.8, 4) is 0 Å². The lowest BCUT2D eigenvalue weighted by Gasteiger charge is -2.24. The van der Waals surface area contributed by atoms with Gasteiger partial charge in [0.25, 0.3) is 0 Å². The third-order valence-corrected chi connectivity index (χ3v) is 3.17. The summed E-state index contributed by atoms with van der Waals surface area (Å²) < 4.78 is 9.86.